The Kier molecular flexibility index (Phi) is 8.91. The van der Waals surface area contributed by atoms with E-state index in [1.807, 2.05) is 26.0 Å². The van der Waals surface area contributed by atoms with E-state index < -0.39 is 12.1 Å². The summed E-state index contributed by atoms with van der Waals surface area (Å²) >= 11 is 1.52. The normalized spacial score (nSPS) is 15.8. The van der Waals surface area contributed by atoms with Gasteiger partial charge in [0.15, 0.2) is 16.6 Å². The number of hydrogen-bond acceptors (Lipinski definition) is 9. The molecule has 5 rings (SSSR count). The van der Waals surface area contributed by atoms with Gasteiger partial charge >= 0.3 is 0 Å². The van der Waals surface area contributed by atoms with Crippen molar-refractivity contribution in [1.82, 2.24) is 10.3 Å². The smallest absolute Gasteiger partial charge is 0.248 e. The number of ether oxygens (including phenoxy) is 3. The van der Waals surface area contributed by atoms with Crippen LogP contribution in [0.1, 0.15) is 61.4 Å². The molecule has 2 aromatic carbocycles. The quantitative estimate of drug-likeness (QED) is 0.315. The number of methoxy groups -OCH3 is 3. The van der Waals surface area contributed by atoms with E-state index in [0.29, 0.717) is 40.8 Å². The van der Waals surface area contributed by atoms with Gasteiger partial charge in [-0.25, -0.2) is 4.98 Å². The maximum absolute atomic E-state index is 13.8. The molecule has 0 unspecified atom stereocenters. The number of nitrogens with one attached hydrogen (secondary N) is 3. The Bertz CT molecular complexity index is 1600. The molecule has 2 atom stereocenters. The van der Waals surface area contributed by atoms with Gasteiger partial charge in [0.1, 0.15) is 6.04 Å². The van der Waals surface area contributed by atoms with Crippen LogP contribution < -0.4 is 35.6 Å². The molecule has 1 heterocycles. The Morgan fingerprint density at radius 3 is 2.44 bits per heavy atom. The summed E-state index contributed by atoms with van der Waals surface area (Å²) in [6, 6.07) is 5.88. The van der Waals surface area contributed by atoms with Crippen LogP contribution in [0.4, 0.5) is 10.8 Å². The molecule has 2 amide bonds. The third-order valence-corrected chi connectivity index (χ3v) is 9.07. The van der Waals surface area contributed by atoms with Crippen LogP contribution in [-0.2, 0) is 28.9 Å². The van der Waals surface area contributed by atoms with Crippen LogP contribution in [-0.4, -0.2) is 44.2 Å². The summed E-state index contributed by atoms with van der Waals surface area (Å²) in [5, 5.41) is 9.77. The number of anilines is 2. The fourth-order valence-electron chi connectivity index (χ4n) is 5.96. The second-order valence-corrected chi connectivity index (χ2v) is 12.3. The number of carbonyl (C=O) groups is 2. The minimum Gasteiger partial charge on any atom is -0.493 e. The molecule has 0 fully saturated rings. The van der Waals surface area contributed by atoms with Crippen molar-refractivity contribution < 1.29 is 23.8 Å². The molecule has 43 heavy (non-hydrogen) atoms. The maximum Gasteiger partial charge on any atom is 0.248 e. The molecule has 0 radical (unpaired) electrons. The van der Waals surface area contributed by atoms with Crippen molar-refractivity contribution >= 4 is 34.0 Å². The van der Waals surface area contributed by atoms with E-state index >= 15 is 0 Å². The first-order valence-corrected chi connectivity index (χ1v) is 15.3. The van der Waals surface area contributed by atoms with Crippen molar-refractivity contribution in [3.63, 3.8) is 0 Å². The first kappa shape index (κ1) is 30.3. The van der Waals surface area contributed by atoms with Crippen molar-refractivity contribution in [3.8, 4) is 28.4 Å². The highest BCUT2D eigenvalue weighted by Gasteiger charge is 2.30. The largest absolute Gasteiger partial charge is 0.493 e. The zero-order valence-electron chi connectivity index (χ0n) is 25.4. The van der Waals surface area contributed by atoms with Crippen LogP contribution in [0.15, 0.2) is 29.1 Å². The SMILES string of the molecule is COc1cc2c(c(OC)c1OC)-c1ccc(N[C@@H](C(=O)Nc3nc4c(s3)CCC4)C(C)C)c(=O)cc1[C@H](NC(C)=O)CC2. The summed E-state index contributed by atoms with van der Waals surface area (Å²) in [5.74, 6) is 0.857. The Morgan fingerprint density at radius 1 is 1.02 bits per heavy atom. The number of hydrogen-bond donors (Lipinski definition) is 3. The number of fused-ring (bicyclic) bond motifs is 4. The Hall–Kier alpha value is -4.12. The third kappa shape index (κ3) is 6.04. The van der Waals surface area contributed by atoms with Crippen molar-refractivity contribution in [2.45, 2.75) is 65.0 Å². The molecule has 10 nitrogen and oxygen atoms in total. The molecule has 0 saturated carbocycles. The number of thiazole rings is 1. The topological polar surface area (TPSA) is 128 Å². The van der Waals surface area contributed by atoms with Gasteiger partial charge in [0.25, 0.3) is 0 Å². The van der Waals surface area contributed by atoms with E-state index in [9.17, 15) is 14.4 Å². The summed E-state index contributed by atoms with van der Waals surface area (Å²) in [5.41, 5.74) is 4.10. The van der Waals surface area contributed by atoms with Gasteiger partial charge in [-0.3, -0.25) is 14.4 Å². The minimum atomic E-state index is -0.689. The van der Waals surface area contributed by atoms with Crippen LogP contribution in [0.2, 0.25) is 0 Å². The van der Waals surface area contributed by atoms with Gasteiger partial charge in [0.05, 0.1) is 38.8 Å². The Labute approximate surface area is 255 Å². The van der Waals surface area contributed by atoms with Crippen molar-refractivity contribution in [2.24, 2.45) is 5.92 Å². The van der Waals surface area contributed by atoms with Crippen molar-refractivity contribution in [1.29, 1.82) is 0 Å². The van der Waals surface area contributed by atoms with E-state index in [1.165, 1.54) is 23.1 Å². The first-order chi connectivity index (χ1) is 20.6. The number of aryl methyl sites for hydroxylation is 3. The van der Waals surface area contributed by atoms with Crippen LogP contribution in [0.25, 0.3) is 11.1 Å². The van der Waals surface area contributed by atoms with E-state index in [2.05, 4.69) is 20.9 Å². The second kappa shape index (κ2) is 12.6. The van der Waals surface area contributed by atoms with E-state index in [4.69, 9.17) is 14.2 Å². The molecule has 0 aliphatic heterocycles. The van der Waals surface area contributed by atoms with Gasteiger partial charge < -0.3 is 30.2 Å². The lowest BCUT2D eigenvalue weighted by molar-refractivity contribution is -0.120. The fourth-order valence-corrected chi connectivity index (χ4v) is 7.01. The molecular weight excluding hydrogens is 568 g/mol. The fraction of sp³-hybridized carbons (Fsp3) is 0.438. The van der Waals surface area contributed by atoms with E-state index in [1.54, 1.807) is 33.5 Å². The number of nitrogens with zero attached hydrogens (tertiary/aromatic N) is 1. The summed E-state index contributed by atoms with van der Waals surface area (Å²) in [7, 11) is 4.67. The Morgan fingerprint density at radius 2 is 1.79 bits per heavy atom. The average molecular weight is 607 g/mol. The number of rotatable bonds is 9. The van der Waals surface area contributed by atoms with Gasteiger partial charge in [-0.2, -0.15) is 0 Å². The molecule has 0 saturated heterocycles. The summed E-state index contributed by atoms with van der Waals surface area (Å²) in [4.78, 5) is 45.3. The van der Waals surface area contributed by atoms with Crippen molar-refractivity contribution in [3.05, 3.63) is 56.2 Å². The highest BCUT2D eigenvalue weighted by Crippen LogP contribution is 2.50. The Balaban J connectivity index is 1.58. The molecule has 3 aromatic rings. The molecule has 2 aliphatic carbocycles. The monoisotopic (exact) mass is 606 g/mol. The van der Waals surface area contributed by atoms with Gasteiger partial charge in [0.2, 0.25) is 23.0 Å². The third-order valence-electron chi connectivity index (χ3n) is 8.00. The van der Waals surface area contributed by atoms with Crippen LogP contribution >= 0.6 is 11.3 Å². The lowest BCUT2D eigenvalue weighted by Crippen LogP contribution is -2.39. The molecule has 1 aromatic heterocycles. The summed E-state index contributed by atoms with van der Waals surface area (Å²) in [6.07, 6.45) is 4.18. The predicted molar refractivity (Wildman–Crippen MR) is 168 cm³/mol. The van der Waals surface area contributed by atoms with Gasteiger partial charge in [0, 0.05) is 17.4 Å². The number of aromatic nitrogens is 1. The van der Waals surface area contributed by atoms with Crippen LogP contribution in [0.3, 0.4) is 0 Å². The highest BCUT2D eigenvalue weighted by molar-refractivity contribution is 7.15. The molecule has 2 aliphatic rings. The van der Waals surface area contributed by atoms with Crippen LogP contribution in [0.5, 0.6) is 17.2 Å². The number of amides is 2. The molecule has 0 spiro atoms. The van der Waals surface area contributed by atoms with Gasteiger partial charge in [-0.05, 0) is 72.9 Å². The summed E-state index contributed by atoms with van der Waals surface area (Å²) < 4.78 is 17.1. The lowest BCUT2D eigenvalue weighted by atomic mass is 9.95. The zero-order chi connectivity index (χ0) is 30.8. The van der Waals surface area contributed by atoms with Gasteiger partial charge in [-0.1, -0.05) is 19.9 Å². The molecule has 228 valence electrons. The molecule has 3 N–H and O–H groups in total. The number of carbonyl (C=O) groups excluding carboxylic acids is 2. The van der Waals surface area contributed by atoms with Crippen LogP contribution in [0, 0.1) is 5.92 Å². The second-order valence-electron chi connectivity index (χ2n) is 11.2. The zero-order valence-corrected chi connectivity index (χ0v) is 26.2. The first-order valence-electron chi connectivity index (χ1n) is 14.5. The lowest BCUT2D eigenvalue weighted by Gasteiger charge is -2.21. The van der Waals surface area contributed by atoms with E-state index in [0.717, 1.165) is 41.6 Å². The number of benzene rings is 1. The highest BCUT2D eigenvalue weighted by atomic mass is 32.1. The summed E-state index contributed by atoms with van der Waals surface area (Å²) in [6.45, 7) is 5.31. The maximum atomic E-state index is 13.8. The van der Waals surface area contributed by atoms with E-state index in [-0.39, 0.29) is 28.8 Å². The van der Waals surface area contributed by atoms with Crippen molar-refractivity contribution in [2.75, 3.05) is 32.0 Å². The molecular formula is C32H38N4O6S. The average Bonchev–Trinajstić information content (AvgIpc) is 3.48. The predicted octanol–water partition coefficient (Wildman–Crippen LogP) is 4.88. The molecule has 11 heteroatoms. The standard InChI is InChI=1S/C32H38N4O6S/c1-16(2)28(31(39)36-32-35-23-8-7-9-26(23)43-32)34-22-13-11-19-20(15-24(22)38)21(33-17(3)37)12-10-18-14-25(40-4)29(41-5)30(42-6)27(18)19/h11,13-16,21,28H,7-10,12H2,1-6H3,(H,33,37)(H,34,38)(H,35,36,39)/t21-,28-/m1/s1. The minimum absolute atomic E-state index is 0.126. The molecule has 0 bridgehead atoms. The van der Waals surface area contributed by atoms with Gasteiger partial charge in [-0.15, -0.1) is 11.3 Å².